The predicted octanol–water partition coefficient (Wildman–Crippen LogP) is 4.80. The number of aryl methyl sites for hydroxylation is 2. The molecule has 0 N–H and O–H groups in total. The highest BCUT2D eigenvalue weighted by atomic mass is 32.2. The first-order chi connectivity index (χ1) is 18.4. The van der Waals surface area contributed by atoms with Crippen LogP contribution in [0.3, 0.4) is 0 Å². The second-order valence-corrected chi connectivity index (χ2v) is 13.3. The van der Waals surface area contributed by atoms with Crippen molar-refractivity contribution in [1.29, 1.82) is 0 Å². The summed E-state index contributed by atoms with van der Waals surface area (Å²) >= 11 is 0. The lowest BCUT2D eigenvalue weighted by molar-refractivity contribution is 0.354. The molecule has 1 heterocycles. The third-order valence-corrected chi connectivity index (χ3v) is 10.8. The molecule has 1 saturated heterocycles. The maximum absolute atomic E-state index is 14.8. The van der Waals surface area contributed by atoms with E-state index in [9.17, 15) is 25.6 Å². The number of hydrogen-bond acceptors (Lipinski definition) is 6. The first-order valence-corrected chi connectivity index (χ1v) is 15.2. The summed E-state index contributed by atoms with van der Waals surface area (Å²) in [6, 6.07) is 13.4. The van der Waals surface area contributed by atoms with Gasteiger partial charge in [-0.1, -0.05) is 42.0 Å². The van der Waals surface area contributed by atoms with Crippen molar-refractivity contribution in [1.82, 2.24) is 4.31 Å². The zero-order valence-electron chi connectivity index (χ0n) is 21.9. The van der Waals surface area contributed by atoms with Crippen LogP contribution in [0.4, 0.5) is 14.5 Å². The molecule has 1 aliphatic heterocycles. The summed E-state index contributed by atoms with van der Waals surface area (Å²) in [4.78, 5) is 1.03. The number of methoxy groups -OCH3 is 1. The Morgan fingerprint density at radius 3 is 2.15 bits per heavy atom. The molecule has 208 valence electrons. The van der Waals surface area contributed by atoms with E-state index < -0.39 is 47.4 Å². The lowest BCUT2D eigenvalue weighted by Gasteiger charge is -2.37. The fraction of sp³-hybridized carbons (Fsp3) is 0.286. The first-order valence-electron chi connectivity index (χ1n) is 12.2. The van der Waals surface area contributed by atoms with E-state index in [1.54, 1.807) is 18.2 Å². The Bertz CT molecular complexity index is 1600. The van der Waals surface area contributed by atoms with Crippen LogP contribution in [0.25, 0.3) is 0 Å². The van der Waals surface area contributed by atoms with E-state index in [1.165, 1.54) is 22.5 Å². The zero-order valence-corrected chi connectivity index (χ0v) is 23.5. The Kier molecular flexibility index (Phi) is 8.15. The van der Waals surface area contributed by atoms with Gasteiger partial charge < -0.3 is 9.64 Å². The van der Waals surface area contributed by atoms with Crippen molar-refractivity contribution in [3.8, 4) is 5.75 Å². The van der Waals surface area contributed by atoms with E-state index in [1.807, 2.05) is 30.9 Å². The van der Waals surface area contributed by atoms with Crippen LogP contribution in [0.2, 0.25) is 0 Å². The third kappa shape index (κ3) is 5.43. The summed E-state index contributed by atoms with van der Waals surface area (Å²) in [5.41, 5.74) is 3.01. The van der Waals surface area contributed by atoms with Gasteiger partial charge in [-0.15, -0.1) is 6.58 Å². The van der Waals surface area contributed by atoms with Crippen LogP contribution in [-0.4, -0.2) is 54.4 Å². The lowest BCUT2D eigenvalue weighted by Crippen LogP contribution is -2.49. The van der Waals surface area contributed by atoms with E-state index in [0.717, 1.165) is 30.4 Å². The minimum atomic E-state index is -4.35. The molecule has 1 fully saturated rings. The quantitative estimate of drug-likeness (QED) is 0.283. The second-order valence-electron chi connectivity index (χ2n) is 9.34. The molecule has 0 spiro atoms. The Morgan fingerprint density at radius 2 is 1.56 bits per heavy atom. The number of sulfonamides is 1. The Labute approximate surface area is 228 Å². The summed E-state index contributed by atoms with van der Waals surface area (Å²) in [7, 11) is -7.02. The van der Waals surface area contributed by atoms with Gasteiger partial charge in [-0.2, -0.15) is 4.31 Å². The molecule has 0 aromatic heterocycles. The Morgan fingerprint density at radius 1 is 0.923 bits per heavy atom. The van der Waals surface area contributed by atoms with Gasteiger partial charge in [0.05, 0.1) is 12.0 Å². The largest absolute Gasteiger partial charge is 0.491 e. The van der Waals surface area contributed by atoms with E-state index >= 15 is 0 Å². The van der Waals surface area contributed by atoms with Gasteiger partial charge in [0.2, 0.25) is 19.9 Å². The molecule has 7 nitrogen and oxygen atoms in total. The number of halogens is 2. The molecule has 1 atom stereocenters. The lowest BCUT2D eigenvalue weighted by atomic mass is 10.1. The zero-order chi connectivity index (χ0) is 28.5. The second kappa shape index (κ2) is 11.1. The summed E-state index contributed by atoms with van der Waals surface area (Å²) in [6.07, 6.45) is 1.43. The van der Waals surface area contributed by atoms with Crippen LogP contribution < -0.4 is 9.64 Å². The van der Waals surface area contributed by atoms with Gasteiger partial charge in [-0.3, -0.25) is 0 Å². The highest BCUT2D eigenvalue weighted by molar-refractivity contribution is 7.91. The Hall–Kier alpha value is -3.28. The minimum absolute atomic E-state index is 0.170. The summed E-state index contributed by atoms with van der Waals surface area (Å²) < 4.78 is 88.3. The molecule has 0 radical (unpaired) electrons. The van der Waals surface area contributed by atoms with Gasteiger partial charge in [0.1, 0.15) is 10.1 Å². The van der Waals surface area contributed by atoms with Crippen LogP contribution in [0.5, 0.6) is 5.75 Å². The van der Waals surface area contributed by atoms with Gasteiger partial charge in [0, 0.05) is 31.9 Å². The molecular formula is C28H30F2N2O5S2. The third-order valence-electron chi connectivity index (χ3n) is 6.88. The van der Waals surface area contributed by atoms with E-state index in [-0.39, 0.29) is 18.0 Å². The number of sulfone groups is 1. The Balaban J connectivity index is 1.58. The molecule has 3 aromatic carbocycles. The summed E-state index contributed by atoms with van der Waals surface area (Å²) in [5, 5.41) is -0.887. The monoisotopic (exact) mass is 576 g/mol. The topological polar surface area (TPSA) is 84.0 Å². The number of benzene rings is 3. The van der Waals surface area contributed by atoms with E-state index in [4.69, 9.17) is 4.74 Å². The molecule has 1 aliphatic rings. The van der Waals surface area contributed by atoms with Gasteiger partial charge in [0.15, 0.2) is 17.4 Å². The molecule has 11 heteroatoms. The number of hydrogen-bond donors (Lipinski definition) is 0. The molecule has 1 unspecified atom stereocenters. The SMILES string of the molecule is C=CC(c1ccc(C)cc1)S(=O)(=O)N1CCN(c2cc(S(=O)(=O)c3ccc(F)c(OC)c3F)ccc2C)CC1. The average Bonchev–Trinajstić information content (AvgIpc) is 2.90. The van der Waals surface area contributed by atoms with Crippen molar-refractivity contribution in [3.63, 3.8) is 0 Å². The van der Waals surface area contributed by atoms with Crippen LogP contribution in [0.15, 0.2) is 77.0 Å². The standard InChI is InChI=1S/C28H30F2N2O5S2/c1-5-25(21-9-6-19(2)7-10-21)39(35,36)32-16-14-31(15-17-32)24-18-22(11-8-20(24)3)38(33,34)26-13-12-23(29)28(37-4)27(26)30/h5-13,18,25H,1,14-17H2,2-4H3. The van der Waals surface area contributed by atoms with Crippen LogP contribution >= 0.6 is 0 Å². The van der Waals surface area contributed by atoms with Crippen molar-refractivity contribution in [2.24, 2.45) is 0 Å². The summed E-state index contributed by atoms with van der Waals surface area (Å²) in [6.45, 7) is 8.50. The summed E-state index contributed by atoms with van der Waals surface area (Å²) in [5.74, 6) is -3.08. The van der Waals surface area contributed by atoms with E-state index in [2.05, 4.69) is 6.58 Å². The maximum atomic E-state index is 14.8. The van der Waals surface area contributed by atoms with Gasteiger partial charge >= 0.3 is 0 Å². The highest BCUT2D eigenvalue weighted by Gasteiger charge is 2.34. The van der Waals surface area contributed by atoms with Crippen molar-refractivity contribution < 1.29 is 30.4 Å². The molecule has 3 aromatic rings. The minimum Gasteiger partial charge on any atom is -0.491 e. The predicted molar refractivity (Wildman–Crippen MR) is 146 cm³/mol. The molecule has 0 aliphatic carbocycles. The van der Waals surface area contributed by atoms with Crippen LogP contribution in [-0.2, 0) is 19.9 Å². The van der Waals surface area contributed by atoms with Crippen LogP contribution in [0, 0.1) is 25.5 Å². The van der Waals surface area contributed by atoms with Crippen LogP contribution in [0.1, 0.15) is 21.9 Å². The number of rotatable bonds is 8. The molecule has 0 amide bonds. The first kappa shape index (κ1) is 28.7. The molecule has 39 heavy (non-hydrogen) atoms. The fourth-order valence-electron chi connectivity index (χ4n) is 4.66. The van der Waals surface area contributed by atoms with Gasteiger partial charge in [-0.05, 0) is 49.2 Å². The number of piperazine rings is 1. The van der Waals surface area contributed by atoms with Crippen molar-refractivity contribution >= 4 is 25.5 Å². The fourth-order valence-corrected chi connectivity index (χ4v) is 7.74. The van der Waals surface area contributed by atoms with Crippen molar-refractivity contribution in [2.45, 2.75) is 28.9 Å². The maximum Gasteiger partial charge on any atom is 0.224 e. The molecule has 0 bridgehead atoms. The van der Waals surface area contributed by atoms with Gasteiger partial charge in [-0.25, -0.2) is 25.6 Å². The normalized spacial score (nSPS) is 15.7. The highest BCUT2D eigenvalue weighted by Crippen LogP contribution is 2.34. The van der Waals surface area contributed by atoms with E-state index in [0.29, 0.717) is 24.3 Å². The number of ether oxygens (including phenoxy) is 1. The molecule has 0 saturated carbocycles. The number of anilines is 1. The van der Waals surface area contributed by atoms with Crippen molar-refractivity contribution in [3.05, 3.63) is 95.6 Å². The molecule has 4 rings (SSSR count). The average molecular weight is 577 g/mol. The van der Waals surface area contributed by atoms with Crippen molar-refractivity contribution in [2.75, 3.05) is 38.2 Å². The molecular weight excluding hydrogens is 546 g/mol. The smallest absolute Gasteiger partial charge is 0.224 e. The van der Waals surface area contributed by atoms with Gasteiger partial charge in [0.25, 0.3) is 0 Å². The number of nitrogens with zero attached hydrogens (tertiary/aromatic N) is 2.